The van der Waals surface area contributed by atoms with Crippen LogP contribution in [-0.4, -0.2) is 19.7 Å². The van der Waals surface area contributed by atoms with Gasteiger partial charge in [0.1, 0.15) is 0 Å². The van der Waals surface area contributed by atoms with Crippen molar-refractivity contribution >= 4 is 43.4 Å². The predicted molar refractivity (Wildman–Crippen MR) is 67.4 cm³/mol. The zero-order chi connectivity index (χ0) is 15.3. The predicted octanol–water partition coefficient (Wildman–Crippen LogP) is 3.46. The van der Waals surface area contributed by atoms with E-state index < -0.39 is 32.2 Å². The molecule has 0 N–H and O–H groups in total. The molecule has 0 fully saturated rings. The molecule has 20 heavy (non-hydrogen) atoms. The number of fused-ring (bicyclic) bond motifs is 1. The van der Waals surface area contributed by atoms with Crippen LogP contribution >= 0.6 is 27.5 Å². The van der Waals surface area contributed by atoms with Crippen LogP contribution in [0.4, 0.5) is 13.2 Å². The molecule has 4 nitrogen and oxygen atoms in total. The topological polar surface area (TPSA) is 60.4 Å². The summed E-state index contributed by atoms with van der Waals surface area (Å²) in [5.41, 5.74) is -5.44. The van der Waals surface area contributed by atoms with Gasteiger partial charge in [-0.25, -0.2) is 0 Å². The third-order valence-corrected chi connectivity index (χ3v) is 4.59. The van der Waals surface area contributed by atoms with Crippen LogP contribution in [0.15, 0.2) is 10.5 Å². The minimum absolute atomic E-state index is 0.0523. The van der Waals surface area contributed by atoms with Crippen molar-refractivity contribution < 1.29 is 30.6 Å². The van der Waals surface area contributed by atoms with Crippen molar-refractivity contribution in [2.24, 2.45) is 0 Å². The number of Topliss-reactive ketones (excluding diaryl/α,β-unsaturated/α-hetero) is 1. The first-order valence-corrected chi connectivity index (χ1v) is 7.67. The SMILES string of the molecule is O=C1CCc2c(Br)cc(Cl)c(OS(=O)(=O)C(F)(F)F)c21. The first-order chi connectivity index (χ1) is 9.04. The van der Waals surface area contributed by atoms with Crippen molar-refractivity contribution in [2.45, 2.75) is 18.3 Å². The number of carbonyl (C=O) groups excluding carboxylic acids is 1. The molecule has 0 bridgehead atoms. The highest BCUT2D eigenvalue weighted by molar-refractivity contribution is 9.10. The Bertz CT molecular complexity index is 699. The number of hydrogen-bond acceptors (Lipinski definition) is 4. The molecule has 0 radical (unpaired) electrons. The number of halogens is 5. The molecule has 1 aromatic rings. The summed E-state index contributed by atoms with van der Waals surface area (Å²) in [6, 6.07) is 1.19. The molecule has 0 atom stereocenters. The molecule has 10 heteroatoms. The highest BCUT2D eigenvalue weighted by Gasteiger charge is 2.49. The normalized spacial score (nSPS) is 15.3. The maximum absolute atomic E-state index is 12.3. The van der Waals surface area contributed by atoms with Crippen LogP contribution < -0.4 is 4.18 Å². The molecular formula is C10H5BrClF3O4S. The van der Waals surface area contributed by atoms with Crippen LogP contribution in [0.3, 0.4) is 0 Å². The number of carbonyl (C=O) groups is 1. The summed E-state index contributed by atoms with van der Waals surface area (Å²) in [6.07, 6.45) is 0.324. The van der Waals surface area contributed by atoms with Crippen molar-refractivity contribution in [3.8, 4) is 5.75 Å². The Morgan fingerprint density at radius 1 is 1.30 bits per heavy atom. The van der Waals surface area contributed by atoms with E-state index in [4.69, 9.17) is 11.6 Å². The molecule has 0 amide bonds. The van der Waals surface area contributed by atoms with Gasteiger partial charge < -0.3 is 4.18 Å². The number of rotatable bonds is 2. The van der Waals surface area contributed by atoms with E-state index in [1.165, 1.54) is 6.07 Å². The van der Waals surface area contributed by atoms with Gasteiger partial charge in [-0.15, -0.1) is 0 Å². The third-order valence-electron chi connectivity index (χ3n) is 2.64. The van der Waals surface area contributed by atoms with E-state index >= 15 is 0 Å². The van der Waals surface area contributed by atoms with E-state index in [2.05, 4.69) is 20.1 Å². The Balaban J connectivity index is 2.60. The summed E-state index contributed by atoms with van der Waals surface area (Å²) >= 11 is 8.81. The number of hydrogen-bond donors (Lipinski definition) is 0. The highest BCUT2D eigenvalue weighted by atomic mass is 79.9. The summed E-state index contributed by atoms with van der Waals surface area (Å²) in [5, 5.41) is -0.390. The highest BCUT2D eigenvalue weighted by Crippen LogP contribution is 2.42. The van der Waals surface area contributed by atoms with Gasteiger partial charge in [0.2, 0.25) is 0 Å². The van der Waals surface area contributed by atoms with Crippen molar-refractivity contribution in [3.05, 3.63) is 26.7 Å². The molecule has 2 rings (SSSR count). The van der Waals surface area contributed by atoms with Crippen molar-refractivity contribution in [2.75, 3.05) is 0 Å². The van der Waals surface area contributed by atoms with Crippen molar-refractivity contribution in [1.82, 2.24) is 0 Å². The van der Waals surface area contributed by atoms with Gasteiger partial charge in [0, 0.05) is 10.9 Å². The van der Waals surface area contributed by atoms with E-state index in [0.29, 0.717) is 10.0 Å². The zero-order valence-electron chi connectivity index (χ0n) is 9.42. The smallest absolute Gasteiger partial charge is 0.374 e. The molecule has 0 heterocycles. The van der Waals surface area contributed by atoms with Crippen LogP contribution in [0, 0.1) is 0 Å². The molecule has 0 spiro atoms. The summed E-state index contributed by atoms with van der Waals surface area (Å²) < 4.78 is 63.5. The monoisotopic (exact) mass is 392 g/mol. The fourth-order valence-corrected chi connectivity index (χ4v) is 3.31. The average molecular weight is 394 g/mol. The summed E-state index contributed by atoms with van der Waals surface area (Å²) in [7, 11) is -5.88. The van der Waals surface area contributed by atoms with Gasteiger partial charge in [-0.1, -0.05) is 27.5 Å². The molecule has 1 aromatic carbocycles. The maximum Gasteiger partial charge on any atom is 0.534 e. The number of ketones is 1. The number of alkyl halides is 3. The van der Waals surface area contributed by atoms with E-state index in [0.717, 1.165) is 0 Å². The average Bonchev–Trinajstić information content (AvgIpc) is 2.65. The largest absolute Gasteiger partial charge is 0.534 e. The molecule has 0 saturated carbocycles. The Labute approximate surface area is 125 Å². The van der Waals surface area contributed by atoms with E-state index in [-0.39, 0.29) is 18.4 Å². The lowest BCUT2D eigenvalue weighted by Crippen LogP contribution is -2.28. The van der Waals surface area contributed by atoms with Gasteiger partial charge >= 0.3 is 15.6 Å². The fraction of sp³-hybridized carbons (Fsp3) is 0.300. The lowest BCUT2D eigenvalue weighted by molar-refractivity contribution is -0.0500. The molecule has 0 aromatic heterocycles. The van der Waals surface area contributed by atoms with Gasteiger partial charge in [0.25, 0.3) is 0 Å². The Hall–Kier alpha value is -0.800. The molecule has 110 valence electrons. The quantitative estimate of drug-likeness (QED) is 0.570. The molecule has 0 unspecified atom stereocenters. The Morgan fingerprint density at radius 3 is 2.45 bits per heavy atom. The molecule has 1 aliphatic carbocycles. The van der Waals surface area contributed by atoms with Gasteiger partial charge in [-0.3, -0.25) is 4.79 Å². The lowest BCUT2D eigenvalue weighted by Gasteiger charge is -2.14. The Morgan fingerprint density at radius 2 is 1.90 bits per heavy atom. The second-order valence-corrected chi connectivity index (χ2v) is 6.73. The van der Waals surface area contributed by atoms with Crippen LogP contribution in [0.1, 0.15) is 22.3 Å². The first kappa shape index (κ1) is 15.6. The van der Waals surface area contributed by atoms with Crippen molar-refractivity contribution in [3.63, 3.8) is 0 Å². The van der Waals surface area contributed by atoms with Crippen LogP contribution in [0.25, 0.3) is 0 Å². The summed E-state index contributed by atoms with van der Waals surface area (Å²) in [6.45, 7) is 0. The third kappa shape index (κ3) is 2.53. The van der Waals surface area contributed by atoms with Gasteiger partial charge in [-0.2, -0.15) is 21.6 Å². The van der Waals surface area contributed by atoms with Crippen molar-refractivity contribution in [1.29, 1.82) is 0 Å². The van der Waals surface area contributed by atoms with Gasteiger partial charge in [-0.05, 0) is 18.1 Å². The van der Waals surface area contributed by atoms with E-state index in [1.807, 2.05) is 0 Å². The van der Waals surface area contributed by atoms with E-state index in [9.17, 15) is 26.4 Å². The minimum atomic E-state index is -5.88. The Kier molecular flexibility index (Phi) is 3.81. The first-order valence-electron chi connectivity index (χ1n) is 5.09. The molecular weight excluding hydrogens is 389 g/mol. The maximum atomic E-state index is 12.3. The zero-order valence-corrected chi connectivity index (χ0v) is 12.6. The molecule has 0 aliphatic heterocycles. The van der Waals surface area contributed by atoms with Crippen LogP contribution in [0.2, 0.25) is 5.02 Å². The van der Waals surface area contributed by atoms with Crippen LogP contribution in [0.5, 0.6) is 5.75 Å². The fourth-order valence-electron chi connectivity index (χ4n) is 1.78. The second-order valence-electron chi connectivity index (χ2n) is 3.93. The number of benzene rings is 1. The minimum Gasteiger partial charge on any atom is -0.374 e. The van der Waals surface area contributed by atoms with Gasteiger partial charge in [0.05, 0.1) is 10.6 Å². The standard InChI is InChI=1S/C10H5BrClF3O4S/c11-5-3-6(12)9(8-4(5)1-2-7(8)16)19-20(17,18)10(13,14)15/h3H,1-2H2. The summed E-state index contributed by atoms with van der Waals surface area (Å²) in [4.78, 5) is 11.7. The molecule has 1 aliphatic rings. The molecule has 0 saturated heterocycles. The van der Waals surface area contributed by atoms with Gasteiger partial charge in [0.15, 0.2) is 11.5 Å². The second kappa shape index (κ2) is 4.88. The van der Waals surface area contributed by atoms with E-state index in [1.54, 1.807) is 0 Å². The van der Waals surface area contributed by atoms with Crippen LogP contribution in [-0.2, 0) is 16.5 Å². The lowest BCUT2D eigenvalue weighted by atomic mass is 10.1. The summed E-state index contributed by atoms with van der Waals surface area (Å²) in [5.74, 6) is -1.29.